The van der Waals surface area contributed by atoms with Crippen LogP contribution in [0, 0.1) is 0 Å². The number of aromatic amines is 1. The quantitative estimate of drug-likeness (QED) is 0.151. The van der Waals surface area contributed by atoms with E-state index in [0.717, 1.165) is 27.5 Å². The van der Waals surface area contributed by atoms with Crippen LogP contribution in [0.4, 0.5) is 0 Å². The third-order valence-electron chi connectivity index (χ3n) is 6.14. The molecule has 2 heterocycles. The molecule has 0 spiro atoms. The average Bonchev–Trinajstić information content (AvgIpc) is 3.19. The van der Waals surface area contributed by atoms with Gasteiger partial charge in [-0.05, 0) is 23.6 Å². The van der Waals surface area contributed by atoms with Crippen molar-refractivity contribution in [2.45, 2.75) is 37.9 Å². The van der Waals surface area contributed by atoms with Crippen LogP contribution in [-0.4, -0.2) is 53.0 Å². The summed E-state index contributed by atoms with van der Waals surface area (Å²) in [5.41, 5.74) is -0.874. The zero-order valence-corrected chi connectivity index (χ0v) is 24.8. The minimum Gasteiger partial charge on any atom is -0.482 e. The molecule has 20 heteroatoms. The molecule has 0 radical (unpaired) electrons. The molecule has 1 saturated heterocycles. The van der Waals surface area contributed by atoms with Gasteiger partial charge < -0.3 is 34.2 Å². The van der Waals surface area contributed by atoms with Crippen LogP contribution in [0.2, 0.25) is 0 Å². The van der Waals surface area contributed by atoms with Gasteiger partial charge in [-0.15, -0.1) is 0 Å². The number of H-pyrrole nitrogens is 1. The number of ether oxygens (including phenoxy) is 2. The van der Waals surface area contributed by atoms with E-state index in [-0.39, 0.29) is 18.8 Å². The predicted molar refractivity (Wildman–Crippen MR) is 146 cm³/mol. The average molecular weight is 664 g/mol. The molecular formula is C23H27N2O15P3. The number of hydrogen-bond acceptors (Lipinski definition) is 11. The maximum absolute atomic E-state index is 12.7. The molecule has 17 nitrogen and oxygen atoms in total. The fraction of sp³-hybridized carbons (Fsp3) is 0.304. The Balaban J connectivity index is 1.48. The second-order valence-corrected chi connectivity index (χ2v) is 13.8. The molecule has 2 aromatic carbocycles. The highest BCUT2D eigenvalue weighted by Gasteiger charge is 2.47. The molecule has 1 aromatic heterocycles. The normalized spacial score (nSPS) is 23.4. The molecule has 0 aliphatic carbocycles. The van der Waals surface area contributed by atoms with E-state index in [0.29, 0.717) is 0 Å². The molecule has 234 valence electrons. The van der Waals surface area contributed by atoms with Gasteiger partial charge in [0.15, 0.2) is 0 Å². The number of hydrogen-bond donors (Lipinski definition) is 6. The van der Waals surface area contributed by atoms with Gasteiger partial charge in [0.1, 0.15) is 18.4 Å². The topological polar surface area (TPSA) is 253 Å². The fourth-order valence-electron chi connectivity index (χ4n) is 4.35. The van der Waals surface area contributed by atoms with Crippen LogP contribution in [0.5, 0.6) is 5.75 Å². The number of phosphoric ester groups is 1. The lowest BCUT2D eigenvalue weighted by Gasteiger charge is -2.27. The van der Waals surface area contributed by atoms with Crippen LogP contribution in [0.3, 0.4) is 0 Å². The van der Waals surface area contributed by atoms with Crippen molar-refractivity contribution in [2.75, 3.05) is 6.61 Å². The predicted octanol–water partition coefficient (Wildman–Crippen LogP) is 1.95. The van der Waals surface area contributed by atoms with Crippen molar-refractivity contribution < 1.29 is 61.0 Å². The summed E-state index contributed by atoms with van der Waals surface area (Å²) in [4.78, 5) is 63.6. The van der Waals surface area contributed by atoms with E-state index in [1.165, 1.54) is 6.92 Å². The molecule has 5 atom stereocenters. The zero-order chi connectivity index (χ0) is 31.6. The molecule has 4 rings (SSSR count). The van der Waals surface area contributed by atoms with E-state index < -0.39 is 59.3 Å². The van der Waals surface area contributed by atoms with Gasteiger partial charge in [0.2, 0.25) is 5.75 Å². The van der Waals surface area contributed by atoms with Crippen molar-refractivity contribution in [1.29, 1.82) is 0 Å². The first-order valence-corrected chi connectivity index (χ1v) is 16.8. The lowest BCUT2D eigenvalue weighted by molar-refractivity contribution is -0.107. The lowest BCUT2D eigenvalue weighted by Crippen LogP contribution is -2.42. The van der Waals surface area contributed by atoms with Gasteiger partial charge in [-0.3, -0.25) is 18.9 Å². The zero-order valence-electron chi connectivity index (χ0n) is 22.2. The molecule has 0 amide bonds. The number of aliphatic hydroxyl groups is 1. The van der Waals surface area contributed by atoms with Gasteiger partial charge in [-0.1, -0.05) is 54.6 Å². The Labute approximate surface area is 242 Å². The highest BCUT2D eigenvalue weighted by Crippen LogP contribution is 2.66. The molecule has 1 aliphatic rings. The molecule has 1 aliphatic heterocycles. The summed E-state index contributed by atoms with van der Waals surface area (Å²) in [6.07, 6.45) is -2.06. The summed E-state index contributed by atoms with van der Waals surface area (Å²) in [5, 5.41) is 10.5. The Morgan fingerprint density at radius 2 is 1.63 bits per heavy atom. The molecule has 1 fully saturated rings. The van der Waals surface area contributed by atoms with Crippen molar-refractivity contribution in [3.05, 3.63) is 87.2 Å². The summed E-state index contributed by atoms with van der Waals surface area (Å²) >= 11 is 0. The van der Waals surface area contributed by atoms with Crippen LogP contribution in [-0.2, 0) is 43.9 Å². The fourth-order valence-corrected chi connectivity index (χ4v) is 7.38. The molecule has 2 unspecified atom stereocenters. The Bertz CT molecular complexity index is 1720. The number of phosphoric acid groups is 3. The summed E-state index contributed by atoms with van der Waals surface area (Å²) in [6.45, 7) is 0.378. The van der Waals surface area contributed by atoms with Gasteiger partial charge in [-0.2, -0.15) is 8.62 Å². The molecule has 6 N–H and O–H groups in total. The first kappa shape index (κ1) is 33.1. The van der Waals surface area contributed by atoms with Gasteiger partial charge in [0.05, 0.1) is 18.9 Å². The van der Waals surface area contributed by atoms with Crippen molar-refractivity contribution >= 4 is 23.5 Å². The van der Waals surface area contributed by atoms with E-state index in [1.807, 2.05) is 48.5 Å². The van der Waals surface area contributed by atoms with Gasteiger partial charge in [-0.25, -0.2) is 18.5 Å². The molecule has 0 bridgehead atoms. The molecule has 0 saturated carbocycles. The van der Waals surface area contributed by atoms with Crippen LogP contribution in [0.25, 0.3) is 11.1 Å². The van der Waals surface area contributed by atoms with Crippen LogP contribution < -0.4 is 16.0 Å². The monoisotopic (exact) mass is 664 g/mol. The van der Waals surface area contributed by atoms with E-state index in [1.54, 1.807) is 6.07 Å². The Morgan fingerprint density at radius 1 is 0.977 bits per heavy atom. The number of rotatable bonds is 12. The Morgan fingerprint density at radius 3 is 2.30 bits per heavy atom. The number of nitrogens with one attached hydrogen (secondary N) is 1. The molecular weight excluding hydrogens is 637 g/mol. The maximum Gasteiger partial charge on any atom is 0.490 e. The second kappa shape index (κ2) is 12.7. The first-order valence-electron chi connectivity index (χ1n) is 12.2. The minimum absolute atomic E-state index is 0.0464. The molecule has 3 aromatic rings. The summed E-state index contributed by atoms with van der Waals surface area (Å²) in [7, 11) is -16.8. The highest BCUT2D eigenvalue weighted by molar-refractivity contribution is 7.66. The molecule has 43 heavy (non-hydrogen) atoms. The maximum atomic E-state index is 12.7. The number of nitrogens with zero attached hydrogens (tertiary/aromatic N) is 1. The smallest absolute Gasteiger partial charge is 0.482 e. The van der Waals surface area contributed by atoms with Crippen molar-refractivity contribution in [1.82, 2.24) is 9.55 Å². The van der Waals surface area contributed by atoms with E-state index in [2.05, 4.69) is 18.1 Å². The first-order chi connectivity index (χ1) is 20.0. The van der Waals surface area contributed by atoms with Crippen LogP contribution >= 0.6 is 23.5 Å². The third-order valence-corrected chi connectivity index (χ3v) is 9.95. The third kappa shape index (κ3) is 8.67. The summed E-state index contributed by atoms with van der Waals surface area (Å²) in [5.74, 6) is -0.251. The standard InChI is InChI=1S/C23H27N2O15P3/c1-23(11-18(26)20(38-23)14-37-42(32,33)40-43(34,35)39-41(29,30)31)25-12-19(21(27)24-22(25)28)36-13-16-9-5-6-10-17(16)15-7-3-2-4-8-15/h2-10,12,18,20,26H,11,13-14H2,1H3,(H,32,33)(H,34,35)(H,24,27,28)(H2,29,30,31)/t18-,20+,23+/m0/s1. The van der Waals surface area contributed by atoms with Gasteiger partial charge in [0, 0.05) is 6.42 Å². The van der Waals surface area contributed by atoms with Gasteiger partial charge in [0.25, 0.3) is 5.56 Å². The Hall–Kier alpha value is -2.75. The van der Waals surface area contributed by atoms with Crippen LogP contribution in [0.15, 0.2) is 70.4 Å². The number of aromatic nitrogens is 2. The van der Waals surface area contributed by atoms with Crippen molar-refractivity contribution in [3.8, 4) is 16.9 Å². The van der Waals surface area contributed by atoms with Gasteiger partial charge >= 0.3 is 29.2 Å². The largest absolute Gasteiger partial charge is 0.490 e. The highest BCUT2D eigenvalue weighted by atomic mass is 31.3. The summed E-state index contributed by atoms with van der Waals surface area (Å²) in [6, 6.07) is 16.8. The van der Waals surface area contributed by atoms with E-state index in [9.17, 15) is 38.2 Å². The minimum atomic E-state index is -5.75. The number of benzene rings is 2. The number of aliphatic hydroxyl groups excluding tert-OH is 1. The lowest BCUT2D eigenvalue weighted by atomic mass is 10.0. The van der Waals surface area contributed by atoms with Crippen LogP contribution in [0.1, 0.15) is 18.9 Å². The SMILES string of the molecule is C[C@]1(n2cc(OCc3ccccc3-c3ccccc3)c(=O)[nH]c2=O)C[C@H](O)[C@@H](COP(=O)(O)OP(=O)(O)OP(=O)(O)O)O1. The van der Waals surface area contributed by atoms with Crippen molar-refractivity contribution in [2.24, 2.45) is 0 Å². The Kier molecular flexibility index (Phi) is 9.79. The summed E-state index contributed by atoms with van der Waals surface area (Å²) < 4.78 is 58.6. The van der Waals surface area contributed by atoms with Crippen molar-refractivity contribution in [3.63, 3.8) is 0 Å². The van der Waals surface area contributed by atoms with E-state index in [4.69, 9.17) is 19.3 Å². The second-order valence-electron chi connectivity index (χ2n) is 9.42. The van der Waals surface area contributed by atoms with E-state index >= 15 is 0 Å².